The van der Waals surface area contributed by atoms with Crippen LogP contribution >= 0.6 is 22.9 Å². The van der Waals surface area contributed by atoms with Crippen LogP contribution in [0.1, 0.15) is 57.2 Å². The first-order chi connectivity index (χ1) is 14.5. The summed E-state index contributed by atoms with van der Waals surface area (Å²) in [4.78, 5) is 15.8. The van der Waals surface area contributed by atoms with E-state index in [0.29, 0.717) is 5.56 Å². The van der Waals surface area contributed by atoms with Crippen LogP contribution in [-0.2, 0) is 0 Å². The fraction of sp³-hybridized carbons (Fsp3) is 0.320. The van der Waals surface area contributed by atoms with E-state index in [4.69, 9.17) is 11.6 Å². The van der Waals surface area contributed by atoms with E-state index in [-0.39, 0.29) is 11.9 Å². The summed E-state index contributed by atoms with van der Waals surface area (Å²) in [6.45, 7) is 6.62. The number of hydrogen-bond acceptors (Lipinski definition) is 2. The summed E-state index contributed by atoms with van der Waals surface area (Å²) < 4.78 is 0. The number of quaternary nitrogens is 1. The van der Waals surface area contributed by atoms with Gasteiger partial charge >= 0.3 is 0 Å². The first-order valence-corrected chi connectivity index (χ1v) is 11.8. The number of rotatable bonds is 5. The molecule has 30 heavy (non-hydrogen) atoms. The Balaban J connectivity index is 1.76. The van der Waals surface area contributed by atoms with Gasteiger partial charge in [-0.15, -0.1) is 11.3 Å². The van der Waals surface area contributed by atoms with Crippen LogP contribution in [0.3, 0.4) is 0 Å². The highest BCUT2D eigenvalue weighted by atomic mass is 35.5. The van der Waals surface area contributed by atoms with Crippen LogP contribution in [0.4, 0.5) is 5.00 Å². The van der Waals surface area contributed by atoms with Crippen molar-refractivity contribution < 1.29 is 9.69 Å². The third-order valence-electron chi connectivity index (χ3n) is 6.09. The normalized spacial score (nSPS) is 15.7. The second kappa shape index (κ2) is 9.34. The number of benzene rings is 2. The SMILES string of the molecule is Cc1sc(NC(=O)c2ccccc2)c([C@H](c2ccc(Cl)cc2)[NH+]2CCCCC2)c1C. The molecule has 0 bridgehead atoms. The average molecular weight is 440 g/mol. The zero-order valence-electron chi connectivity index (χ0n) is 17.5. The molecule has 1 aliphatic heterocycles. The molecule has 0 saturated carbocycles. The predicted octanol–water partition coefficient (Wildman–Crippen LogP) is 5.43. The van der Waals surface area contributed by atoms with Gasteiger partial charge in [-0.2, -0.15) is 0 Å². The molecule has 2 aromatic carbocycles. The van der Waals surface area contributed by atoms with Crippen molar-refractivity contribution in [2.75, 3.05) is 18.4 Å². The third kappa shape index (κ3) is 4.46. The molecule has 5 heteroatoms. The first-order valence-electron chi connectivity index (χ1n) is 10.6. The molecular formula is C25H28ClN2OS+. The van der Waals surface area contributed by atoms with E-state index in [1.165, 1.54) is 40.8 Å². The molecule has 1 aromatic heterocycles. The Kier molecular flexibility index (Phi) is 6.57. The molecule has 156 valence electrons. The molecular weight excluding hydrogens is 412 g/mol. The topological polar surface area (TPSA) is 33.5 Å². The minimum atomic E-state index is -0.0541. The lowest BCUT2D eigenvalue weighted by molar-refractivity contribution is -0.930. The van der Waals surface area contributed by atoms with Gasteiger partial charge in [0.15, 0.2) is 0 Å². The van der Waals surface area contributed by atoms with Crippen molar-refractivity contribution >= 4 is 33.8 Å². The van der Waals surface area contributed by atoms with Crippen molar-refractivity contribution in [3.63, 3.8) is 0 Å². The van der Waals surface area contributed by atoms with Gasteiger partial charge in [0.2, 0.25) is 0 Å². The van der Waals surface area contributed by atoms with Gasteiger partial charge in [-0.05, 0) is 62.9 Å². The minimum Gasteiger partial charge on any atom is -0.325 e. The molecule has 0 unspecified atom stereocenters. The lowest BCUT2D eigenvalue weighted by atomic mass is 9.93. The fourth-order valence-electron chi connectivity index (χ4n) is 4.41. The maximum absolute atomic E-state index is 12.9. The van der Waals surface area contributed by atoms with Gasteiger partial charge in [0.25, 0.3) is 5.91 Å². The molecule has 1 fully saturated rings. The molecule has 1 aliphatic rings. The van der Waals surface area contributed by atoms with Gasteiger partial charge in [-0.1, -0.05) is 41.9 Å². The molecule has 3 aromatic rings. The number of carbonyl (C=O) groups excluding carboxylic acids is 1. The van der Waals surface area contributed by atoms with Crippen LogP contribution in [0.2, 0.25) is 5.02 Å². The number of nitrogens with one attached hydrogen (secondary N) is 2. The highest BCUT2D eigenvalue weighted by Crippen LogP contribution is 2.39. The molecule has 1 saturated heterocycles. The Morgan fingerprint density at radius 2 is 1.67 bits per heavy atom. The number of halogens is 1. The van der Waals surface area contributed by atoms with Gasteiger partial charge < -0.3 is 10.2 Å². The molecule has 0 aliphatic carbocycles. The van der Waals surface area contributed by atoms with E-state index in [0.717, 1.165) is 23.1 Å². The van der Waals surface area contributed by atoms with Crippen molar-refractivity contribution in [3.05, 3.63) is 86.8 Å². The van der Waals surface area contributed by atoms with Crippen molar-refractivity contribution in [3.8, 4) is 0 Å². The van der Waals surface area contributed by atoms with Crippen LogP contribution in [0, 0.1) is 13.8 Å². The predicted molar refractivity (Wildman–Crippen MR) is 126 cm³/mol. The zero-order valence-corrected chi connectivity index (χ0v) is 19.1. The molecule has 2 heterocycles. The summed E-state index contributed by atoms with van der Waals surface area (Å²) in [5.41, 5.74) is 4.47. The summed E-state index contributed by atoms with van der Waals surface area (Å²) in [7, 11) is 0. The summed E-state index contributed by atoms with van der Waals surface area (Å²) in [6, 6.07) is 17.9. The highest BCUT2D eigenvalue weighted by molar-refractivity contribution is 7.16. The van der Waals surface area contributed by atoms with Gasteiger partial charge in [-0.3, -0.25) is 4.79 Å². The van der Waals surface area contributed by atoms with E-state index >= 15 is 0 Å². The first kappa shape index (κ1) is 21.1. The second-order valence-corrected chi connectivity index (χ2v) is 9.71. The maximum atomic E-state index is 12.9. The van der Waals surface area contributed by atoms with Gasteiger partial charge in [0.1, 0.15) is 11.0 Å². The fourth-order valence-corrected chi connectivity index (χ4v) is 5.63. The van der Waals surface area contributed by atoms with Crippen molar-refractivity contribution in [1.29, 1.82) is 0 Å². The molecule has 1 atom stereocenters. The molecule has 2 N–H and O–H groups in total. The van der Waals surface area contributed by atoms with Crippen molar-refractivity contribution in [2.45, 2.75) is 39.2 Å². The average Bonchev–Trinajstić information content (AvgIpc) is 3.04. The third-order valence-corrected chi connectivity index (χ3v) is 7.48. The number of anilines is 1. The van der Waals surface area contributed by atoms with Crippen LogP contribution in [0.25, 0.3) is 0 Å². The van der Waals surface area contributed by atoms with Crippen molar-refractivity contribution in [1.82, 2.24) is 0 Å². The van der Waals surface area contributed by atoms with Crippen LogP contribution < -0.4 is 10.2 Å². The monoisotopic (exact) mass is 439 g/mol. The van der Waals surface area contributed by atoms with Crippen molar-refractivity contribution in [2.24, 2.45) is 0 Å². The molecule has 3 nitrogen and oxygen atoms in total. The number of amides is 1. The lowest BCUT2D eigenvalue weighted by Crippen LogP contribution is -3.13. The Morgan fingerprint density at radius 1 is 1.00 bits per heavy atom. The smallest absolute Gasteiger partial charge is 0.256 e. The number of hydrogen-bond donors (Lipinski definition) is 2. The quantitative estimate of drug-likeness (QED) is 0.546. The Morgan fingerprint density at radius 3 is 2.33 bits per heavy atom. The molecule has 0 spiro atoms. The van der Waals surface area contributed by atoms with Gasteiger partial charge in [-0.25, -0.2) is 0 Å². The van der Waals surface area contributed by atoms with Gasteiger partial charge in [0, 0.05) is 21.0 Å². The van der Waals surface area contributed by atoms with E-state index in [9.17, 15) is 4.79 Å². The van der Waals surface area contributed by atoms with E-state index in [2.05, 4.69) is 31.3 Å². The summed E-state index contributed by atoms with van der Waals surface area (Å²) in [5, 5.41) is 4.95. The lowest BCUT2D eigenvalue weighted by Gasteiger charge is -2.33. The number of thiophene rings is 1. The van der Waals surface area contributed by atoms with Gasteiger partial charge in [0.05, 0.1) is 18.7 Å². The number of aryl methyl sites for hydroxylation is 1. The summed E-state index contributed by atoms with van der Waals surface area (Å²) >= 11 is 7.87. The largest absolute Gasteiger partial charge is 0.325 e. The van der Waals surface area contributed by atoms with Crippen LogP contribution in [0.15, 0.2) is 54.6 Å². The zero-order chi connectivity index (χ0) is 21.1. The van der Waals surface area contributed by atoms with E-state index in [1.54, 1.807) is 16.2 Å². The number of carbonyl (C=O) groups is 1. The second-order valence-electron chi connectivity index (χ2n) is 8.05. The standard InChI is InChI=1S/C25H27ClN2OS/c1-17-18(2)30-25(27-24(29)20-9-5-3-6-10-20)22(17)23(28-15-7-4-8-16-28)19-11-13-21(26)14-12-19/h3,5-6,9-14,23H,4,7-8,15-16H2,1-2H3,(H,27,29)/p+1/t23-/m0/s1. The highest BCUT2D eigenvalue weighted by Gasteiger charge is 2.33. The van der Waals surface area contributed by atoms with Crippen LogP contribution in [0.5, 0.6) is 0 Å². The Bertz CT molecular complexity index is 1010. The Labute approximate surface area is 187 Å². The van der Waals surface area contributed by atoms with E-state index < -0.39 is 0 Å². The molecule has 1 amide bonds. The Hall–Kier alpha value is -2.14. The molecule has 0 radical (unpaired) electrons. The summed E-state index contributed by atoms with van der Waals surface area (Å²) in [5.74, 6) is -0.0541. The number of likely N-dealkylation sites (tertiary alicyclic amines) is 1. The minimum absolute atomic E-state index is 0.0541. The number of piperidine rings is 1. The van der Waals surface area contributed by atoms with E-state index in [1.807, 2.05) is 42.5 Å². The molecule has 4 rings (SSSR count). The van der Waals surface area contributed by atoms with Crippen LogP contribution in [-0.4, -0.2) is 19.0 Å². The summed E-state index contributed by atoms with van der Waals surface area (Å²) in [6.07, 6.45) is 3.79. The maximum Gasteiger partial charge on any atom is 0.256 e.